The summed E-state index contributed by atoms with van der Waals surface area (Å²) in [7, 11) is 0. The van der Waals surface area contributed by atoms with E-state index in [1.807, 2.05) is 0 Å². The molecule has 2 atom stereocenters. The minimum Gasteiger partial charge on any atom is -0.370 e. The van der Waals surface area contributed by atoms with Crippen LogP contribution in [0.25, 0.3) is 0 Å². The summed E-state index contributed by atoms with van der Waals surface area (Å²) in [5.74, 6) is -0.360. The first-order chi connectivity index (χ1) is 10.6. The van der Waals surface area contributed by atoms with Gasteiger partial charge in [-0.25, -0.2) is 4.39 Å². The van der Waals surface area contributed by atoms with Gasteiger partial charge < -0.3 is 15.0 Å². The lowest BCUT2D eigenvalue weighted by atomic mass is 9.97. The maximum atomic E-state index is 13.0. The second kappa shape index (κ2) is 6.44. The van der Waals surface area contributed by atoms with Crippen molar-refractivity contribution in [2.24, 2.45) is 5.92 Å². The SMILES string of the molecule is O=C1CC[C@@H](C(=O)N2CCO[C@@H](c3ccc(F)cc3)C2)CN1. The van der Waals surface area contributed by atoms with E-state index < -0.39 is 0 Å². The summed E-state index contributed by atoms with van der Waals surface area (Å²) >= 11 is 0. The minimum absolute atomic E-state index is 0.00946. The van der Waals surface area contributed by atoms with Gasteiger partial charge in [0.15, 0.2) is 0 Å². The molecule has 3 rings (SSSR count). The van der Waals surface area contributed by atoms with Gasteiger partial charge in [0.1, 0.15) is 11.9 Å². The molecule has 0 bridgehead atoms. The molecule has 2 heterocycles. The summed E-state index contributed by atoms with van der Waals surface area (Å²) in [6.07, 6.45) is 0.780. The smallest absolute Gasteiger partial charge is 0.227 e. The molecule has 22 heavy (non-hydrogen) atoms. The molecule has 0 aromatic heterocycles. The largest absolute Gasteiger partial charge is 0.370 e. The van der Waals surface area contributed by atoms with E-state index in [0.29, 0.717) is 39.1 Å². The van der Waals surface area contributed by atoms with E-state index in [4.69, 9.17) is 4.74 Å². The first-order valence-electron chi connectivity index (χ1n) is 7.56. The third-order valence-corrected chi connectivity index (χ3v) is 4.23. The predicted molar refractivity (Wildman–Crippen MR) is 77.4 cm³/mol. The molecular weight excluding hydrogens is 287 g/mol. The summed E-state index contributed by atoms with van der Waals surface area (Å²) in [6.45, 7) is 1.90. The van der Waals surface area contributed by atoms with Crippen LogP contribution in [0.2, 0.25) is 0 Å². The summed E-state index contributed by atoms with van der Waals surface area (Å²) < 4.78 is 18.7. The Bertz CT molecular complexity index is 551. The molecule has 6 heteroatoms. The molecule has 2 aliphatic rings. The van der Waals surface area contributed by atoms with Crippen molar-refractivity contribution in [3.8, 4) is 0 Å². The molecule has 0 spiro atoms. The Balaban J connectivity index is 1.63. The number of hydrogen-bond donors (Lipinski definition) is 1. The van der Waals surface area contributed by atoms with Gasteiger partial charge in [0, 0.05) is 19.5 Å². The highest BCUT2D eigenvalue weighted by Gasteiger charge is 2.32. The maximum absolute atomic E-state index is 13.0. The highest BCUT2D eigenvalue weighted by atomic mass is 19.1. The monoisotopic (exact) mass is 306 g/mol. The fraction of sp³-hybridized carbons (Fsp3) is 0.500. The second-order valence-electron chi connectivity index (χ2n) is 5.73. The van der Waals surface area contributed by atoms with Gasteiger partial charge in [-0.3, -0.25) is 9.59 Å². The van der Waals surface area contributed by atoms with Crippen molar-refractivity contribution in [1.29, 1.82) is 0 Å². The Kier molecular flexibility index (Phi) is 4.38. The normalized spacial score (nSPS) is 25.7. The topological polar surface area (TPSA) is 58.6 Å². The number of nitrogens with zero attached hydrogens (tertiary/aromatic N) is 1. The van der Waals surface area contributed by atoms with E-state index in [1.165, 1.54) is 12.1 Å². The third-order valence-electron chi connectivity index (χ3n) is 4.23. The lowest BCUT2D eigenvalue weighted by Crippen LogP contribution is -2.49. The van der Waals surface area contributed by atoms with E-state index >= 15 is 0 Å². The number of hydrogen-bond acceptors (Lipinski definition) is 3. The molecule has 2 saturated heterocycles. The van der Waals surface area contributed by atoms with E-state index in [2.05, 4.69) is 5.32 Å². The van der Waals surface area contributed by atoms with E-state index in [-0.39, 0.29) is 29.7 Å². The molecule has 118 valence electrons. The van der Waals surface area contributed by atoms with Gasteiger partial charge in [0.2, 0.25) is 11.8 Å². The van der Waals surface area contributed by atoms with Crippen LogP contribution in [0.5, 0.6) is 0 Å². The van der Waals surface area contributed by atoms with Crippen LogP contribution in [0.1, 0.15) is 24.5 Å². The van der Waals surface area contributed by atoms with Gasteiger partial charge in [0.25, 0.3) is 0 Å². The fourth-order valence-corrected chi connectivity index (χ4v) is 2.93. The van der Waals surface area contributed by atoms with Gasteiger partial charge in [-0.15, -0.1) is 0 Å². The van der Waals surface area contributed by atoms with Crippen LogP contribution in [0.4, 0.5) is 4.39 Å². The molecular formula is C16H19FN2O3. The zero-order valence-corrected chi connectivity index (χ0v) is 12.3. The summed E-state index contributed by atoms with van der Waals surface area (Å²) in [4.78, 5) is 25.5. The van der Waals surface area contributed by atoms with Gasteiger partial charge in [-0.05, 0) is 24.1 Å². The zero-order chi connectivity index (χ0) is 15.5. The number of benzene rings is 1. The Labute approximate surface area is 128 Å². The van der Waals surface area contributed by atoms with Crippen molar-refractivity contribution in [3.63, 3.8) is 0 Å². The van der Waals surface area contributed by atoms with Crippen molar-refractivity contribution < 1.29 is 18.7 Å². The van der Waals surface area contributed by atoms with Crippen molar-refractivity contribution in [3.05, 3.63) is 35.6 Å². The van der Waals surface area contributed by atoms with Crippen LogP contribution >= 0.6 is 0 Å². The quantitative estimate of drug-likeness (QED) is 0.895. The molecule has 0 saturated carbocycles. The van der Waals surface area contributed by atoms with Crippen molar-refractivity contribution in [1.82, 2.24) is 10.2 Å². The number of rotatable bonds is 2. The number of nitrogens with one attached hydrogen (secondary N) is 1. The number of halogens is 1. The van der Waals surface area contributed by atoms with Crippen LogP contribution in [-0.4, -0.2) is 43.0 Å². The van der Waals surface area contributed by atoms with Crippen molar-refractivity contribution in [2.75, 3.05) is 26.2 Å². The van der Waals surface area contributed by atoms with Crippen LogP contribution in [-0.2, 0) is 14.3 Å². The van der Waals surface area contributed by atoms with Gasteiger partial charge in [0.05, 0.1) is 19.1 Å². The van der Waals surface area contributed by atoms with Crippen LogP contribution < -0.4 is 5.32 Å². The highest BCUT2D eigenvalue weighted by molar-refractivity contribution is 5.83. The van der Waals surface area contributed by atoms with Gasteiger partial charge in [-0.1, -0.05) is 12.1 Å². The number of ether oxygens (including phenoxy) is 1. The highest BCUT2D eigenvalue weighted by Crippen LogP contribution is 2.24. The molecule has 0 aliphatic carbocycles. The van der Waals surface area contributed by atoms with Crippen LogP contribution in [0, 0.1) is 11.7 Å². The Morgan fingerprint density at radius 2 is 2.09 bits per heavy atom. The summed E-state index contributed by atoms with van der Waals surface area (Å²) in [5.41, 5.74) is 0.871. The van der Waals surface area contributed by atoms with E-state index in [0.717, 1.165) is 5.56 Å². The first-order valence-corrected chi connectivity index (χ1v) is 7.56. The zero-order valence-electron chi connectivity index (χ0n) is 12.3. The average Bonchev–Trinajstić information content (AvgIpc) is 2.56. The van der Waals surface area contributed by atoms with Crippen LogP contribution in [0.15, 0.2) is 24.3 Å². The van der Waals surface area contributed by atoms with E-state index in [9.17, 15) is 14.0 Å². The van der Waals surface area contributed by atoms with Gasteiger partial charge in [-0.2, -0.15) is 0 Å². The second-order valence-corrected chi connectivity index (χ2v) is 5.73. The predicted octanol–water partition coefficient (Wildman–Crippen LogP) is 1.25. The standard InChI is InChI=1S/C16H19FN2O3/c17-13-4-1-11(2-5-13)14-10-19(7-8-22-14)16(21)12-3-6-15(20)18-9-12/h1-2,4-5,12,14H,3,6-10H2,(H,18,20)/t12-,14-/m1/s1. The Hall–Kier alpha value is -1.95. The van der Waals surface area contributed by atoms with E-state index in [1.54, 1.807) is 17.0 Å². The van der Waals surface area contributed by atoms with Crippen molar-refractivity contribution >= 4 is 11.8 Å². The number of carbonyl (C=O) groups excluding carboxylic acids is 2. The molecule has 1 aromatic rings. The number of amides is 2. The fourth-order valence-electron chi connectivity index (χ4n) is 2.93. The Morgan fingerprint density at radius 3 is 2.77 bits per heavy atom. The van der Waals surface area contributed by atoms with Gasteiger partial charge >= 0.3 is 0 Å². The number of morpholine rings is 1. The lowest BCUT2D eigenvalue weighted by Gasteiger charge is -2.36. The molecule has 2 fully saturated rings. The van der Waals surface area contributed by atoms with Crippen molar-refractivity contribution in [2.45, 2.75) is 18.9 Å². The summed E-state index contributed by atoms with van der Waals surface area (Å²) in [5, 5.41) is 2.74. The lowest BCUT2D eigenvalue weighted by molar-refractivity contribution is -0.144. The third kappa shape index (κ3) is 3.27. The molecule has 5 nitrogen and oxygen atoms in total. The maximum Gasteiger partial charge on any atom is 0.227 e. The molecule has 2 amide bonds. The minimum atomic E-state index is -0.287. The Morgan fingerprint density at radius 1 is 1.32 bits per heavy atom. The molecule has 2 aliphatic heterocycles. The number of carbonyl (C=O) groups is 2. The summed E-state index contributed by atoms with van der Waals surface area (Å²) in [6, 6.07) is 6.18. The van der Waals surface area contributed by atoms with Crippen LogP contribution in [0.3, 0.4) is 0 Å². The first kappa shape index (κ1) is 15.0. The number of piperidine rings is 1. The molecule has 1 aromatic carbocycles. The molecule has 0 radical (unpaired) electrons. The molecule has 0 unspecified atom stereocenters. The molecule has 1 N–H and O–H groups in total. The average molecular weight is 306 g/mol.